The Morgan fingerprint density at radius 2 is 2.45 bits per heavy atom. The van der Waals surface area contributed by atoms with Crippen LogP contribution in [-0.2, 0) is 16.1 Å². The standard InChI is InChI=1S/C14H17N3O3/c1-16(6-3-5-15)14(19)11-8-13(18)17(9-11)10-12-4-2-7-20-12/h2,4,7,11H,3,6,8-10H2,1H3. The molecular weight excluding hydrogens is 258 g/mol. The lowest BCUT2D eigenvalue weighted by molar-refractivity contribution is -0.134. The van der Waals surface area contributed by atoms with Crippen LogP contribution in [0.1, 0.15) is 18.6 Å². The summed E-state index contributed by atoms with van der Waals surface area (Å²) in [5.41, 5.74) is 0. The van der Waals surface area contributed by atoms with Crippen LogP contribution >= 0.6 is 0 Å². The lowest BCUT2D eigenvalue weighted by Gasteiger charge is -2.20. The number of carbonyl (C=O) groups is 2. The SMILES string of the molecule is CN(CCC#N)C(=O)C1CC(=O)N(Cc2ccco2)C1. The maximum Gasteiger partial charge on any atom is 0.227 e. The molecule has 1 unspecified atom stereocenters. The Hall–Kier alpha value is -2.29. The van der Waals surface area contributed by atoms with Crippen LogP contribution in [0.5, 0.6) is 0 Å². The van der Waals surface area contributed by atoms with Gasteiger partial charge in [-0.25, -0.2) is 0 Å². The summed E-state index contributed by atoms with van der Waals surface area (Å²) in [5.74, 6) is 0.286. The Labute approximate surface area is 117 Å². The second-order valence-corrected chi connectivity index (χ2v) is 4.92. The molecule has 1 atom stereocenters. The van der Waals surface area contributed by atoms with Crippen molar-refractivity contribution in [3.05, 3.63) is 24.2 Å². The number of amides is 2. The van der Waals surface area contributed by atoms with Gasteiger partial charge in [0.1, 0.15) is 5.76 Å². The fraction of sp³-hybridized carbons (Fsp3) is 0.500. The predicted octanol–water partition coefficient (Wildman–Crippen LogP) is 1.00. The van der Waals surface area contributed by atoms with E-state index < -0.39 is 0 Å². The van der Waals surface area contributed by atoms with Crippen molar-refractivity contribution in [2.75, 3.05) is 20.1 Å². The summed E-state index contributed by atoms with van der Waals surface area (Å²) >= 11 is 0. The second kappa shape index (κ2) is 6.24. The average Bonchev–Trinajstić information content (AvgIpc) is 3.06. The van der Waals surface area contributed by atoms with Gasteiger partial charge in [-0.1, -0.05) is 0 Å². The van der Waals surface area contributed by atoms with Gasteiger partial charge in [0.05, 0.1) is 31.2 Å². The number of nitrogens with zero attached hydrogens (tertiary/aromatic N) is 3. The van der Waals surface area contributed by atoms with Crippen molar-refractivity contribution < 1.29 is 14.0 Å². The highest BCUT2D eigenvalue weighted by molar-refractivity contribution is 5.89. The number of rotatable bonds is 5. The molecule has 1 aromatic heterocycles. The van der Waals surface area contributed by atoms with Crippen molar-refractivity contribution in [1.82, 2.24) is 9.80 Å². The summed E-state index contributed by atoms with van der Waals surface area (Å²) in [7, 11) is 1.67. The topological polar surface area (TPSA) is 77.5 Å². The first-order valence-corrected chi connectivity index (χ1v) is 6.54. The Morgan fingerprint density at radius 1 is 1.65 bits per heavy atom. The zero-order valence-electron chi connectivity index (χ0n) is 11.4. The van der Waals surface area contributed by atoms with Gasteiger partial charge in [-0.2, -0.15) is 5.26 Å². The number of carbonyl (C=O) groups excluding carboxylic acids is 2. The highest BCUT2D eigenvalue weighted by Gasteiger charge is 2.35. The summed E-state index contributed by atoms with van der Waals surface area (Å²) in [6, 6.07) is 5.59. The van der Waals surface area contributed by atoms with Crippen LogP contribution in [-0.4, -0.2) is 41.8 Å². The predicted molar refractivity (Wildman–Crippen MR) is 70.1 cm³/mol. The molecule has 0 radical (unpaired) electrons. The average molecular weight is 275 g/mol. The monoisotopic (exact) mass is 275 g/mol. The molecule has 0 spiro atoms. The third-order valence-corrected chi connectivity index (χ3v) is 3.43. The van der Waals surface area contributed by atoms with Gasteiger partial charge < -0.3 is 14.2 Å². The van der Waals surface area contributed by atoms with Gasteiger partial charge in [0.2, 0.25) is 11.8 Å². The normalized spacial score (nSPS) is 18.1. The molecule has 1 aliphatic heterocycles. The zero-order valence-corrected chi connectivity index (χ0v) is 11.4. The highest BCUT2D eigenvalue weighted by atomic mass is 16.3. The van der Waals surface area contributed by atoms with Crippen molar-refractivity contribution in [3.8, 4) is 6.07 Å². The van der Waals surface area contributed by atoms with E-state index in [-0.39, 0.29) is 24.2 Å². The quantitative estimate of drug-likeness (QED) is 0.803. The molecule has 0 aromatic carbocycles. The molecule has 106 valence electrons. The minimum Gasteiger partial charge on any atom is -0.467 e. The van der Waals surface area contributed by atoms with E-state index in [1.54, 1.807) is 24.3 Å². The van der Waals surface area contributed by atoms with Crippen molar-refractivity contribution >= 4 is 11.8 Å². The third-order valence-electron chi connectivity index (χ3n) is 3.43. The molecule has 0 saturated carbocycles. The fourth-order valence-corrected chi connectivity index (χ4v) is 2.32. The van der Waals surface area contributed by atoms with Crippen molar-refractivity contribution in [1.29, 1.82) is 5.26 Å². The smallest absolute Gasteiger partial charge is 0.227 e. The number of hydrogen-bond donors (Lipinski definition) is 0. The summed E-state index contributed by atoms with van der Waals surface area (Å²) in [4.78, 5) is 27.2. The molecular formula is C14H17N3O3. The second-order valence-electron chi connectivity index (χ2n) is 4.92. The van der Waals surface area contributed by atoms with Crippen LogP contribution in [0.25, 0.3) is 0 Å². The fourth-order valence-electron chi connectivity index (χ4n) is 2.32. The highest BCUT2D eigenvalue weighted by Crippen LogP contribution is 2.22. The van der Waals surface area contributed by atoms with Crippen LogP contribution < -0.4 is 0 Å². The van der Waals surface area contributed by atoms with E-state index in [1.165, 1.54) is 4.90 Å². The molecule has 20 heavy (non-hydrogen) atoms. The van der Waals surface area contributed by atoms with E-state index >= 15 is 0 Å². The van der Waals surface area contributed by atoms with E-state index in [2.05, 4.69) is 0 Å². The summed E-state index contributed by atoms with van der Waals surface area (Å²) < 4.78 is 5.21. The molecule has 2 heterocycles. The van der Waals surface area contributed by atoms with Gasteiger partial charge in [-0.3, -0.25) is 9.59 Å². The summed E-state index contributed by atoms with van der Waals surface area (Å²) in [5, 5.41) is 8.53. The molecule has 1 aromatic rings. The van der Waals surface area contributed by atoms with E-state index in [0.717, 1.165) is 0 Å². The van der Waals surface area contributed by atoms with Crippen LogP contribution in [0, 0.1) is 17.2 Å². The summed E-state index contributed by atoms with van der Waals surface area (Å²) in [6.07, 6.45) is 2.10. The van der Waals surface area contributed by atoms with Gasteiger partial charge in [0, 0.05) is 26.6 Å². The number of likely N-dealkylation sites (tertiary alicyclic amines) is 1. The molecule has 6 heteroatoms. The first kappa shape index (κ1) is 14.1. The molecule has 0 bridgehead atoms. The molecule has 1 aliphatic rings. The molecule has 1 saturated heterocycles. The lowest BCUT2D eigenvalue weighted by Crippen LogP contribution is -2.35. The van der Waals surface area contributed by atoms with E-state index in [9.17, 15) is 9.59 Å². The van der Waals surface area contributed by atoms with Crippen LogP contribution in [0.4, 0.5) is 0 Å². The number of hydrogen-bond acceptors (Lipinski definition) is 4. The molecule has 0 N–H and O–H groups in total. The number of nitriles is 1. The van der Waals surface area contributed by atoms with Crippen molar-refractivity contribution in [2.24, 2.45) is 5.92 Å². The third kappa shape index (κ3) is 3.18. The maximum atomic E-state index is 12.2. The summed E-state index contributed by atoms with van der Waals surface area (Å²) in [6.45, 7) is 1.21. The number of furan rings is 1. The van der Waals surface area contributed by atoms with Gasteiger partial charge in [-0.05, 0) is 12.1 Å². The molecule has 2 rings (SSSR count). The van der Waals surface area contributed by atoms with E-state index in [4.69, 9.17) is 9.68 Å². The first-order valence-electron chi connectivity index (χ1n) is 6.54. The molecule has 6 nitrogen and oxygen atoms in total. The molecule has 2 amide bonds. The van der Waals surface area contributed by atoms with Gasteiger partial charge in [-0.15, -0.1) is 0 Å². The Kier molecular flexibility index (Phi) is 4.41. The van der Waals surface area contributed by atoms with Gasteiger partial charge >= 0.3 is 0 Å². The molecule has 1 fully saturated rings. The van der Waals surface area contributed by atoms with E-state index in [0.29, 0.717) is 31.8 Å². The van der Waals surface area contributed by atoms with Crippen molar-refractivity contribution in [3.63, 3.8) is 0 Å². The zero-order chi connectivity index (χ0) is 14.5. The Morgan fingerprint density at radius 3 is 3.10 bits per heavy atom. The Bertz CT molecular complexity index is 518. The van der Waals surface area contributed by atoms with Crippen molar-refractivity contribution in [2.45, 2.75) is 19.4 Å². The van der Waals surface area contributed by atoms with Crippen LogP contribution in [0.2, 0.25) is 0 Å². The minimum atomic E-state index is -0.318. The van der Waals surface area contributed by atoms with E-state index in [1.807, 2.05) is 12.1 Å². The Balaban J connectivity index is 1.91. The van der Waals surface area contributed by atoms with Crippen LogP contribution in [0.3, 0.4) is 0 Å². The largest absolute Gasteiger partial charge is 0.467 e. The maximum absolute atomic E-state index is 12.2. The van der Waals surface area contributed by atoms with Gasteiger partial charge in [0.15, 0.2) is 0 Å². The van der Waals surface area contributed by atoms with Crippen LogP contribution in [0.15, 0.2) is 22.8 Å². The lowest BCUT2D eigenvalue weighted by atomic mass is 10.1. The van der Waals surface area contributed by atoms with Gasteiger partial charge in [0.25, 0.3) is 0 Å². The molecule has 0 aliphatic carbocycles. The first-order chi connectivity index (χ1) is 9.61. The minimum absolute atomic E-state index is 0.0339.